The summed E-state index contributed by atoms with van der Waals surface area (Å²) in [6.45, 7) is 1.05. The molecule has 178 valence electrons. The van der Waals surface area contributed by atoms with Crippen LogP contribution >= 0.6 is 11.8 Å². The van der Waals surface area contributed by atoms with Crippen LogP contribution in [0.2, 0.25) is 0 Å². The predicted molar refractivity (Wildman–Crippen MR) is 126 cm³/mol. The van der Waals surface area contributed by atoms with Crippen LogP contribution in [-0.2, 0) is 19.0 Å². The summed E-state index contributed by atoms with van der Waals surface area (Å²) in [7, 11) is 1.56. The highest BCUT2D eigenvalue weighted by atomic mass is 32.2. The molecule has 2 aromatic rings. The van der Waals surface area contributed by atoms with E-state index in [2.05, 4.69) is 5.32 Å². The minimum absolute atomic E-state index is 0.0919. The number of carboxylic acid groups (broad SMARTS) is 1. The summed E-state index contributed by atoms with van der Waals surface area (Å²) in [5.41, 5.74) is 4.40. The van der Waals surface area contributed by atoms with Gasteiger partial charge >= 0.3 is 12.1 Å². The van der Waals surface area contributed by atoms with E-state index in [4.69, 9.17) is 14.2 Å². The molecule has 0 fully saturated rings. The molecule has 0 radical (unpaired) electrons. The molecule has 0 aromatic heterocycles. The van der Waals surface area contributed by atoms with Crippen molar-refractivity contribution in [3.63, 3.8) is 0 Å². The number of hydrogen-bond acceptors (Lipinski definition) is 7. The van der Waals surface area contributed by atoms with Crippen LogP contribution in [-0.4, -0.2) is 79.5 Å². The SMILES string of the molecule is COCCOCC(O)CSCC(NC(=O)OCC1c2ccccc2-c2ccccc21)C(=O)O. The van der Waals surface area contributed by atoms with E-state index in [9.17, 15) is 19.8 Å². The second kappa shape index (κ2) is 12.6. The van der Waals surface area contributed by atoms with Crippen LogP contribution in [0.3, 0.4) is 0 Å². The number of thioether (sulfide) groups is 1. The number of carboxylic acids is 1. The Morgan fingerprint density at radius 2 is 1.67 bits per heavy atom. The normalized spacial score (nSPS) is 14.2. The first-order valence-corrected chi connectivity index (χ1v) is 11.8. The number of fused-ring (bicyclic) bond motifs is 3. The second-order valence-electron chi connectivity index (χ2n) is 7.62. The Morgan fingerprint density at radius 3 is 2.27 bits per heavy atom. The zero-order chi connectivity index (χ0) is 23.6. The van der Waals surface area contributed by atoms with Crippen molar-refractivity contribution in [3.05, 3.63) is 59.7 Å². The summed E-state index contributed by atoms with van der Waals surface area (Å²) in [4.78, 5) is 23.9. The monoisotopic (exact) mass is 475 g/mol. The third-order valence-corrected chi connectivity index (χ3v) is 6.46. The van der Waals surface area contributed by atoms with E-state index in [1.54, 1.807) is 7.11 Å². The van der Waals surface area contributed by atoms with Crippen LogP contribution in [0.25, 0.3) is 11.1 Å². The van der Waals surface area contributed by atoms with E-state index >= 15 is 0 Å². The van der Waals surface area contributed by atoms with Crippen molar-refractivity contribution in [1.82, 2.24) is 5.32 Å². The van der Waals surface area contributed by atoms with E-state index in [1.165, 1.54) is 11.8 Å². The first-order chi connectivity index (χ1) is 16.0. The molecule has 1 amide bonds. The Bertz CT molecular complexity index is 893. The molecule has 3 N–H and O–H groups in total. The summed E-state index contributed by atoms with van der Waals surface area (Å²) in [6.07, 6.45) is -1.52. The lowest BCUT2D eigenvalue weighted by Crippen LogP contribution is -2.43. The van der Waals surface area contributed by atoms with E-state index in [0.717, 1.165) is 22.3 Å². The topological polar surface area (TPSA) is 114 Å². The Kier molecular flexibility index (Phi) is 9.56. The van der Waals surface area contributed by atoms with Crippen LogP contribution in [0.5, 0.6) is 0 Å². The lowest BCUT2D eigenvalue weighted by atomic mass is 9.98. The number of hydrogen-bond donors (Lipinski definition) is 3. The number of methoxy groups -OCH3 is 1. The number of carbonyl (C=O) groups excluding carboxylic acids is 1. The lowest BCUT2D eigenvalue weighted by molar-refractivity contribution is -0.138. The average Bonchev–Trinajstić information content (AvgIpc) is 3.13. The van der Waals surface area contributed by atoms with Crippen molar-refractivity contribution in [1.29, 1.82) is 0 Å². The Hall–Kier alpha value is -2.59. The fraction of sp³-hybridized carbons (Fsp3) is 0.417. The number of ether oxygens (including phenoxy) is 3. The maximum atomic E-state index is 12.4. The van der Waals surface area contributed by atoms with Gasteiger partial charge in [0.15, 0.2) is 0 Å². The van der Waals surface area contributed by atoms with Gasteiger partial charge in [0.25, 0.3) is 0 Å². The van der Waals surface area contributed by atoms with Gasteiger partial charge in [-0.2, -0.15) is 11.8 Å². The summed E-state index contributed by atoms with van der Waals surface area (Å²) in [6, 6.07) is 14.8. The molecule has 2 aromatic carbocycles. The highest BCUT2D eigenvalue weighted by Gasteiger charge is 2.29. The van der Waals surface area contributed by atoms with Gasteiger partial charge in [-0.3, -0.25) is 0 Å². The number of alkyl carbamates (subject to hydrolysis) is 1. The van der Waals surface area contributed by atoms with Gasteiger partial charge in [0.2, 0.25) is 0 Å². The standard InChI is InChI=1S/C24H29NO7S/c1-30-10-11-31-12-16(26)14-33-15-22(23(27)28)25-24(29)32-13-21-19-8-4-2-6-17(19)18-7-3-5-9-20(18)21/h2-9,16,21-22,26H,10-15H2,1H3,(H,25,29)(H,27,28). The number of aliphatic hydroxyl groups excluding tert-OH is 1. The maximum absolute atomic E-state index is 12.4. The molecule has 33 heavy (non-hydrogen) atoms. The van der Waals surface area contributed by atoms with Crippen molar-refractivity contribution in [2.75, 3.05) is 45.0 Å². The molecule has 1 aliphatic rings. The summed E-state index contributed by atoms with van der Waals surface area (Å²) in [5, 5.41) is 21.8. The second-order valence-corrected chi connectivity index (χ2v) is 8.69. The molecule has 3 rings (SSSR count). The predicted octanol–water partition coefficient (Wildman–Crippen LogP) is 2.74. The van der Waals surface area contributed by atoms with E-state index in [0.29, 0.717) is 13.2 Å². The first kappa shape index (κ1) is 25.0. The van der Waals surface area contributed by atoms with E-state index < -0.39 is 24.2 Å². The van der Waals surface area contributed by atoms with Crippen LogP contribution in [0.4, 0.5) is 4.79 Å². The number of carbonyl (C=O) groups is 2. The highest BCUT2D eigenvalue weighted by molar-refractivity contribution is 7.99. The number of amides is 1. The number of nitrogens with one attached hydrogen (secondary N) is 1. The first-order valence-electron chi connectivity index (χ1n) is 10.7. The van der Waals surface area contributed by atoms with Crippen molar-refractivity contribution < 1.29 is 34.0 Å². The fourth-order valence-electron chi connectivity index (χ4n) is 3.69. The van der Waals surface area contributed by atoms with Gasteiger partial charge in [0.05, 0.1) is 25.9 Å². The van der Waals surface area contributed by atoms with Gasteiger partial charge in [-0.25, -0.2) is 9.59 Å². The third-order valence-electron chi connectivity index (χ3n) is 5.27. The van der Waals surface area contributed by atoms with Gasteiger partial charge in [-0.15, -0.1) is 0 Å². The summed E-state index contributed by atoms with van der Waals surface area (Å²) >= 11 is 1.22. The lowest BCUT2D eigenvalue weighted by Gasteiger charge is -2.18. The largest absolute Gasteiger partial charge is 0.480 e. The van der Waals surface area contributed by atoms with Gasteiger partial charge in [0.1, 0.15) is 12.6 Å². The number of rotatable bonds is 13. The van der Waals surface area contributed by atoms with Gasteiger partial charge < -0.3 is 29.7 Å². The molecule has 0 spiro atoms. The van der Waals surface area contributed by atoms with Crippen molar-refractivity contribution in [2.45, 2.75) is 18.1 Å². The van der Waals surface area contributed by atoms with Crippen LogP contribution in [0.1, 0.15) is 17.0 Å². The molecule has 0 saturated heterocycles. The maximum Gasteiger partial charge on any atom is 0.407 e. The minimum Gasteiger partial charge on any atom is -0.480 e. The van der Waals surface area contributed by atoms with Crippen LogP contribution in [0.15, 0.2) is 48.5 Å². The molecule has 0 heterocycles. The third kappa shape index (κ3) is 6.94. The fourth-order valence-corrected chi connectivity index (χ4v) is 4.65. The van der Waals surface area contributed by atoms with E-state index in [-0.39, 0.29) is 30.6 Å². The molecule has 8 nitrogen and oxygen atoms in total. The molecule has 0 aliphatic heterocycles. The molecular formula is C24H29NO7S. The van der Waals surface area contributed by atoms with Crippen LogP contribution < -0.4 is 5.32 Å². The summed E-state index contributed by atoms with van der Waals surface area (Å²) in [5.74, 6) is -0.895. The van der Waals surface area contributed by atoms with Crippen LogP contribution in [0, 0.1) is 0 Å². The molecule has 1 aliphatic carbocycles. The molecule has 0 saturated carbocycles. The zero-order valence-electron chi connectivity index (χ0n) is 18.4. The Labute approximate surface area is 197 Å². The van der Waals surface area contributed by atoms with E-state index in [1.807, 2.05) is 48.5 Å². The van der Waals surface area contributed by atoms with Gasteiger partial charge in [0, 0.05) is 24.5 Å². The number of benzene rings is 2. The Morgan fingerprint density at radius 1 is 1.03 bits per heavy atom. The Balaban J connectivity index is 1.47. The van der Waals surface area contributed by atoms with Gasteiger partial charge in [-0.1, -0.05) is 48.5 Å². The zero-order valence-corrected chi connectivity index (χ0v) is 19.3. The summed E-state index contributed by atoms with van der Waals surface area (Å²) < 4.78 is 15.5. The molecule has 2 unspecified atom stereocenters. The quantitative estimate of drug-likeness (QED) is 0.379. The molecule has 9 heteroatoms. The van der Waals surface area contributed by atoms with Gasteiger partial charge in [-0.05, 0) is 22.3 Å². The highest BCUT2D eigenvalue weighted by Crippen LogP contribution is 2.44. The minimum atomic E-state index is -1.16. The molecular weight excluding hydrogens is 446 g/mol. The molecule has 0 bridgehead atoms. The number of aliphatic hydroxyl groups is 1. The number of aliphatic carboxylic acids is 1. The van der Waals surface area contributed by atoms with Crippen molar-refractivity contribution in [3.8, 4) is 11.1 Å². The van der Waals surface area contributed by atoms with Crippen molar-refractivity contribution in [2.24, 2.45) is 0 Å². The van der Waals surface area contributed by atoms with Crippen molar-refractivity contribution >= 4 is 23.8 Å². The smallest absolute Gasteiger partial charge is 0.407 e. The molecule has 2 atom stereocenters. The average molecular weight is 476 g/mol.